The molecule has 1 amide bonds. The van der Waals surface area contributed by atoms with E-state index in [1.54, 1.807) is 30.3 Å². The number of anilines is 1. The molecule has 0 unspecified atom stereocenters. The zero-order valence-corrected chi connectivity index (χ0v) is 18.8. The second-order valence-electron chi connectivity index (χ2n) is 7.02. The van der Waals surface area contributed by atoms with Crippen molar-refractivity contribution in [1.82, 2.24) is 4.31 Å². The number of nitrogens with zero attached hydrogens (tertiary/aromatic N) is 1. The van der Waals surface area contributed by atoms with Crippen LogP contribution in [0.5, 0.6) is 5.75 Å². The SMILES string of the molecule is Cc1cc(OCC(=O)Nc2ccc(S(=O)(=O)N(C)Cc3ccccc3)cc2)ccc1Cl. The van der Waals surface area contributed by atoms with Crippen molar-refractivity contribution in [1.29, 1.82) is 0 Å². The largest absolute Gasteiger partial charge is 0.484 e. The summed E-state index contributed by atoms with van der Waals surface area (Å²) in [6.07, 6.45) is 0. The molecule has 0 aromatic heterocycles. The van der Waals surface area contributed by atoms with Gasteiger partial charge in [0.25, 0.3) is 5.91 Å². The summed E-state index contributed by atoms with van der Waals surface area (Å²) in [6.45, 7) is 1.94. The van der Waals surface area contributed by atoms with Crippen LogP contribution >= 0.6 is 11.6 Å². The van der Waals surface area contributed by atoms with E-state index in [2.05, 4.69) is 5.32 Å². The highest BCUT2D eigenvalue weighted by atomic mass is 35.5. The molecule has 8 heteroatoms. The molecule has 162 valence electrons. The molecular weight excluding hydrogens is 436 g/mol. The molecule has 31 heavy (non-hydrogen) atoms. The smallest absolute Gasteiger partial charge is 0.262 e. The van der Waals surface area contributed by atoms with Gasteiger partial charge < -0.3 is 10.1 Å². The first-order valence-corrected chi connectivity index (χ1v) is 11.4. The van der Waals surface area contributed by atoms with Crippen molar-refractivity contribution in [3.8, 4) is 5.75 Å². The van der Waals surface area contributed by atoms with Gasteiger partial charge in [-0.15, -0.1) is 0 Å². The lowest BCUT2D eigenvalue weighted by molar-refractivity contribution is -0.118. The molecule has 0 saturated carbocycles. The molecule has 0 aliphatic heterocycles. The molecule has 0 atom stereocenters. The molecule has 0 fully saturated rings. The topological polar surface area (TPSA) is 75.7 Å². The van der Waals surface area contributed by atoms with Crippen molar-refractivity contribution in [2.24, 2.45) is 0 Å². The number of rotatable bonds is 8. The van der Waals surface area contributed by atoms with E-state index in [1.807, 2.05) is 37.3 Å². The minimum atomic E-state index is -3.65. The predicted octanol–water partition coefficient (Wildman–Crippen LogP) is 4.49. The Morgan fingerprint density at radius 1 is 1.03 bits per heavy atom. The first-order valence-electron chi connectivity index (χ1n) is 9.55. The van der Waals surface area contributed by atoms with Crippen LogP contribution in [0.1, 0.15) is 11.1 Å². The number of nitrogens with one attached hydrogen (secondary N) is 1. The number of ether oxygens (including phenoxy) is 1. The Labute approximate surface area is 187 Å². The molecule has 0 heterocycles. The third-order valence-corrected chi connectivity index (χ3v) is 6.84. The van der Waals surface area contributed by atoms with Crippen molar-refractivity contribution in [3.05, 3.63) is 88.9 Å². The van der Waals surface area contributed by atoms with Gasteiger partial charge in [-0.1, -0.05) is 41.9 Å². The highest BCUT2D eigenvalue weighted by Gasteiger charge is 2.21. The summed E-state index contributed by atoms with van der Waals surface area (Å²) >= 11 is 5.97. The number of hydrogen-bond acceptors (Lipinski definition) is 4. The standard InChI is InChI=1S/C23H23ClN2O4S/c1-17-14-20(10-13-22(17)24)30-16-23(27)25-19-8-11-21(12-9-19)31(28,29)26(2)15-18-6-4-3-5-7-18/h3-14H,15-16H2,1-2H3,(H,25,27). The highest BCUT2D eigenvalue weighted by Crippen LogP contribution is 2.22. The van der Waals surface area contributed by atoms with Gasteiger partial charge in [-0.05, 0) is 60.5 Å². The van der Waals surface area contributed by atoms with Gasteiger partial charge in [0.05, 0.1) is 4.90 Å². The van der Waals surface area contributed by atoms with Crippen LogP contribution in [0.25, 0.3) is 0 Å². The maximum Gasteiger partial charge on any atom is 0.262 e. The number of carbonyl (C=O) groups is 1. The molecule has 0 bridgehead atoms. The fraction of sp³-hybridized carbons (Fsp3) is 0.174. The normalized spacial score (nSPS) is 11.4. The second kappa shape index (κ2) is 9.96. The zero-order valence-electron chi connectivity index (χ0n) is 17.2. The van der Waals surface area contributed by atoms with Crippen LogP contribution in [0.2, 0.25) is 5.02 Å². The van der Waals surface area contributed by atoms with E-state index in [1.165, 1.54) is 23.5 Å². The van der Waals surface area contributed by atoms with Crippen LogP contribution in [0, 0.1) is 6.92 Å². The summed E-state index contributed by atoms with van der Waals surface area (Å²) in [5, 5.41) is 3.31. The summed E-state index contributed by atoms with van der Waals surface area (Å²) in [7, 11) is -2.12. The zero-order chi connectivity index (χ0) is 22.4. The molecule has 3 aromatic carbocycles. The molecule has 1 N–H and O–H groups in total. The summed E-state index contributed by atoms with van der Waals surface area (Å²) in [5.74, 6) is 0.185. The third kappa shape index (κ3) is 6.07. The van der Waals surface area contributed by atoms with E-state index in [0.717, 1.165) is 11.1 Å². The molecule has 3 rings (SSSR count). The van der Waals surface area contributed by atoms with Crippen molar-refractivity contribution >= 4 is 33.2 Å². The van der Waals surface area contributed by atoms with E-state index in [9.17, 15) is 13.2 Å². The van der Waals surface area contributed by atoms with Crippen LogP contribution in [0.4, 0.5) is 5.69 Å². The minimum Gasteiger partial charge on any atom is -0.484 e. The predicted molar refractivity (Wildman–Crippen MR) is 122 cm³/mol. The van der Waals surface area contributed by atoms with Gasteiger partial charge in [0, 0.05) is 24.3 Å². The van der Waals surface area contributed by atoms with Crippen molar-refractivity contribution < 1.29 is 17.9 Å². The Kier molecular flexibility index (Phi) is 7.33. The number of amides is 1. The second-order valence-corrected chi connectivity index (χ2v) is 9.47. The summed E-state index contributed by atoms with van der Waals surface area (Å²) < 4.78 is 32.3. The molecule has 0 aliphatic rings. The van der Waals surface area contributed by atoms with Crippen LogP contribution in [0.15, 0.2) is 77.7 Å². The molecule has 0 radical (unpaired) electrons. The summed E-state index contributed by atoms with van der Waals surface area (Å²) in [4.78, 5) is 12.3. The van der Waals surface area contributed by atoms with E-state index < -0.39 is 10.0 Å². The van der Waals surface area contributed by atoms with Gasteiger partial charge in [-0.2, -0.15) is 4.31 Å². The molecule has 3 aromatic rings. The van der Waals surface area contributed by atoms with Crippen molar-refractivity contribution in [2.45, 2.75) is 18.4 Å². The van der Waals surface area contributed by atoms with Crippen LogP contribution in [0.3, 0.4) is 0 Å². The summed E-state index contributed by atoms with van der Waals surface area (Å²) in [6, 6.07) is 20.5. The quantitative estimate of drug-likeness (QED) is 0.539. The number of benzene rings is 3. The Bertz CT molecular complexity index is 1150. The first kappa shape index (κ1) is 22.8. The van der Waals surface area contributed by atoms with Gasteiger partial charge in [0.1, 0.15) is 5.75 Å². The number of carbonyl (C=O) groups excluding carboxylic acids is 1. The highest BCUT2D eigenvalue weighted by molar-refractivity contribution is 7.89. The Balaban J connectivity index is 1.58. The van der Waals surface area contributed by atoms with E-state index in [-0.39, 0.29) is 24.0 Å². The average Bonchev–Trinajstić information content (AvgIpc) is 2.75. The van der Waals surface area contributed by atoms with Crippen molar-refractivity contribution in [2.75, 3.05) is 19.0 Å². The van der Waals surface area contributed by atoms with Gasteiger partial charge in [-0.25, -0.2) is 8.42 Å². The fourth-order valence-corrected chi connectivity index (χ4v) is 4.15. The lowest BCUT2D eigenvalue weighted by atomic mass is 10.2. The minimum absolute atomic E-state index is 0.150. The van der Waals surface area contributed by atoms with Crippen LogP contribution in [-0.4, -0.2) is 32.3 Å². The third-order valence-electron chi connectivity index (χ3n) is 4.59. The molecule has 0 saturated heterocycles. The van der Waals surface area contributed by atoms with Gasteiger partial charge >= 0.3 is 0 Å². The fourth-order valence-electron chi connectivity index (χ4n) is 2.87. The van der Waals surface area contributed by atoms with E-state index in [4.69, 9.17) is 16.3 Å². The maximum atomic E-state index is 12.8. The Hall–Kier alpha value is -2.87. The van der Waals surface area contributed by atoms with Crippen molar-refractivity contribution in [3.63, 3.8) is 0 Å². The number of hydrogen-bond donors (Lipinski definition) is 1. The van der Waals surface area contributed by atoms with E-state index in [0.29, 0.717) is 16.5 Å². The van der Waals surface area contributed by atoms with Gasteiger partial charge in [0.2, 0.25) is 10.0 Å². The monoisotopic (exact) mass is 458 g/mol. The number of halogens is 1. The van der Waals surface area contributed by atoms with Crippen LogP contribution in [-0.2, 0) is 21.4 Å². The Morgan fingerprint density at radius 2 is 1.71 bits per heavy atom. The Morgan fingerprint density at radius 3 is 2.35 bits per heavy atom. The first-order chi connectivity index (χ1) is 14.8. The van der Waals surface area contributed by atoms with Gasteiger partial charge in [-0.3, -0.25) is 4.79 Å². The lowest BCUT2D eigenvalue weighted by Gasteiger charge is -2.17. The summed E-state index contributed by atoms with van der Waals surface area (Å²) in [5.41, 5.74) is 2.23. The molecule has 0 aliphatic carbocycles. The molecule has 6 nitrogen and oxygen atoms in total. The maximum absolute atomic E-state index is 12.8. The van der Waals surface area contributed by atoms with E-state index >= 15 is 0 Å². The number of aryl methyl sites for hydroxylation is 1. The van der Waals surface area contributed by atoms with Crippen LogP contribution < -0.4 is 10.1 Å². The molecule has 0 spiro atoms. The van der Waals surface area contributed by atoms with Gasteiger partial charge in [0.15, 0.2) is 6.61 Å². The lowest BCUT2D eigenvalue weighted by Crippen LogP contribution is -2.26. The molecular formula is C23H23ClN2O4S. The average molecular weight is 459 g/mol. The number of sulfonamides is 1.